The largest absolute Gasteiger partial charge is 0.394 e. The van der Waals surface area contributed by atoms with Crippen molar-refractivity contribution < 1.29 is 89.7 Å². The van der Waals surface area contributed by atoms with Crippen molar-refractivity contribution in [3.05, 3.63) is 0 Å². The van der Waals surface area contributed by atoms with Crippen LogP contribution in [0.5, 0.6) is 0 Å². The molecular formula is C21H38O18. The van der Waals surface area contributed by atoms with E-state index in [1.807, 2.05) is 0 Å². The first-order chi connectivity index (χ1) is 18.5. The lowest BCUT2D eigenvalue weighted by Crippen LogP contribution is -2.67. The number of aliphatic hydroxyl groups excluding tert-OH is 12. The third-order valence-electron chi connectivity index (χ3n) is 6.74. The van der Waals surface area contributed by atoms with Gasteiger partial charge in [-0.15, -0.1) is 0 Å². The highest BCUT2D eigenvalue weighted by molar-refractivity contribution is 4.96. The van der Waals surface area contributed by atoms with Crippen LogP contribution in [-0.4, -0.2) is 193 Å². The van der Waals surface area contributed by atoms with Crippen molar-refractivity contribution in [2.75, 3.05) is 33.0 Å². The summed E-state index contributed by atoms with van der Waals surface area (Å²) >= 11 is 0. The monoisotopic (exact) mass is 578 g/mol. The van der Waals surface area contributed by atoms with E-state index in [-0.39, 0.29) is 0 Å². The smallest absolute Gasteiger partial charge is 0.187 e. The van der Waals surface area contributed by atoms with Gasteiger partial charge in [0.05, 0.1) is 33.0 Å². The molecule has 0 amide bonds. The van der Waals surface area contributed by atoms with Gasteiger partial charge in [-0.2, -0.15) is 0 Å². The number of aliphatic hydroxyl groups is 12. The molecule has 0 aliphatic carbocycles. The lowest BCUT2D eigenvalue weighted by molar-refractivity contribution is -0.394. The van der Waals surface area contributed by atoms with Crippen LogP contribution in [0.1, 0.15) is 0 Å². The van der Waals surface area contributed by atoms with Crippen LogP contribution in [0.2, 0.25) is 0 Å². The summed E-state index contributed by atoms with van der Waals surface area (Å²) in [6.07, 6.45) is -27.1. The van der Waals surface area contributed by atoms with Crippen LogP contribution in [0.3, 0.4) is 0 Å². The van der Waals surface area contributed by atoms with Gasteiger partial charge in [-0.25, -0.2) is 0 Å². The number of hydrogen-bond donors (Lipinski definition) is 12. The minimum absolute atomic E-state index is 0.543. The van der Waals surface area contributed by atoms with Gasteiger partial charge in [0.2, 0.25) is 0 Å². The Labute approximate surface area is 221 Å². The molecule has 3 heterocycles. The summed E-state index contributed by atoms with van der Waals surface area (Å²) < 4.78 is 32.8. The Morgan fingerprint density at radius 3 is 1.41 bits per heavy atom. The molecule has 16 atom stereocenters. The highest BCUT2D eigenvalue weighted by Crippen LogP contribution is 2.33. The van der Waals surface area contributed by atoms with Crippen LogP contribution in [0.4, 0.5) is 0 Å². The summed E-state index contributed by atoms with van der Waals surface area (Å²) in [7, 11) is 0. The van der Waals surface area contributed by atoms with Crippen molar-refractivity contribution in [2.45, 2.75) is 98.2 Å². The van der Waals surface area contributed by atoms with Crippen molar-refractivity contribution in [1.29, 1.82) is 0 Å². The minimum atomic E-state index is -1.92. The first-order valence-electron chi connectivity index (χ1n) is 12.3. The Morgan fingerprint density at radius 1 is 0.513 bits per heavy atom. The Bertz CT molecular complexity index is 731. The second-order valence-corrected chi connectivity index (χ2v) is 9.48. The van der Waals surface area contributed by atoms with Crippen LogP contribution < -0.4 is 0 Å². The molecule has 10 unspecified atom stereocenters. The molecule has 0 saturated carbocycles. The van der Waals surface area contributed by atoms with Gasteiger partial charge in [0, 0.05) is 0 Å². The third-order valence-corrected chi connectivity index (χ3v) is 6.74. The van der Waals surface area contributed by atoms with E-state index in [0.29, 0.717) is 0 Å². The van der Waals surface area contributed by atoms with Crippen LogP contribution in [-0.2, 0) is 28.4 Å². The molecule has 3 aliphatic heterocycles. The number of hydrogen-bond acceptors (Lipinski definition) is 18. The van der Waals surface area contributed by atoms with E-state index in [1.54, 1.807) is 0 Å². The van der Waals surface area contributed by atoms with Gasteiger partial charge in [0.15, 0.2) is 18.9 Å². The quantitative estimate of drug-likeness (QED) is 0.108. The van der Waals surface area contributed by atoms with Crippen LogP contribution in [0.15, 0.2) is 0 Å². The second-order valence-electron chi connectivity index (χ2n) is 9.48. The Hall–Kier alpha value is -0.720. The predicted molar refractivity (Wildman–Crippen MR) is 118 cm³/mol. The fraction of sp³-hybridized carbons (Fsp3) is 1.00. The van der Waals surface area contributed by atoms with E-state index in [4.69, 9.17) is 33.5 Å². The SMILES string of the molecule is OCC(O)CO[C@H]1OC(CO)[C@@H](O)C(O)C1O[C@H]1OC(CO)[C@@H](O)C(O)C1O[C@@H]1OC(CO)[C@@H](O)C(O)C1O. The Balaban J connectivity index is 1.86. The van der Waals surface area contributed by atoms with Crippen molar-refractivity contribution in [3.63, 3.8) is 0 Å². The zero-order valence-corrected chi connectivity index (χ0v) is 20.6. The molecule has 0 bridgehead atoms. The summed E-state index contributed by atoms with van der Waals surface area (Å²) in [5, 5.41) is 120. The van der Waals surface area contributed by atoms with E-state index < -0.39 is 131 Å². The van der Waals surface area contributed by atoms with Crippen molar-refractivity contribution in [2.24, 2.45) is 0 Å². The summed E-state index contributed by atoms with van der Waals surface area (Å²) in [6.45, 7) is -3.62. The fourth-order valence-corrected chi connectivity index (χ4v) is 4.39. The molecule has 12 N–H and O–H groups in total. The van der Waals surface area contributed by atoms with E-state index in [2.05, 4.69) is 0 Å². The van der Waals surface area contributed by atoms with Gasteiger partial charge in [-0.1, -0.05) is 0 Å². The molecule has 0 radical (unpaired) electrons. The fourth-order valence-electron chi connectivity index (χ4n) is 4.39. The maximum Gasteiger partial charge on any atom is 0.187 e. The molecule has 0 aromatic heterocycles. The van der Waals surface area contributed by atoms with E-state index >= 15 is 0 Å². The molecule has 0 aromatic carbocycles. The molecule has 3 saturated heterocycles. The lowest BCUT2D eigenvalue weighted by atomic mass is 9.96. The summed E-state index contributed by atoms with van der Waals surface area (Å²) in [4.78, 5) is 0. The average Bonchev–Trinajstić information content (AvgIpc) is 2.93. The summed E-state index contributed by atoms with van der Waals surface area (Å²) in [5.74, 6) is 0. The average molecular weight is 579 g/mol. The molecule has 3 rings (SSSR count). The summed E-state index contributed by atoms with van der Waals surface area (Å²) in [5.41, 5.74) is 0. The van der Waals surface area contributed by atoms with E-state index in [0.717, 1.165) is 0 Å². The lowest BCUT2D eigenvalue weighted by Gasteiger charge is -2.48. The minimum Gasteiger partial charge on any atom is -0.394 e. The normalized spacial score (nSPS) is 48.2. The predicted octanol–water partition coefficient (Wildman–Crippen LogP) is -8.20. The standard InChI is InChI=1S/C21H38O18/c22-1-6(26)5-34-20-17(14(31)11(28)8(3-24)36-20)39-21-18(15(32)12(29)9(4-25)37-21)38-19-16(33)13(30)10(27)7(2-23)35-19/h6-33H,1-5H2/t6?,7?,8?,9?,10-,11-,12-,13?,14?,15?,16?,17?,18?,19+,20+,21-/m1/s1. The Kier molecular flexibility index (Phi) is 12.1. The Morgan fingerprint density at radius 2 is 0.923 bits per heavy atom. The maximum atomic E-state index is 10.8. The zero-order chi connectivity index (χ0) is 29.0. The molecule has 3 fully saturated rings. The van der Waals surface area contributed by atoms with Gasteiger partial charge in [0.25, 0.3) is 0 Å². The molecule has 18 heteroatoms. The molecule has 230 valence electrons. The molecule has 0 aromatic rings. The van der Waals surface area contributed by atoms with Gasteiger partial charge < -0.3 is 89.7 Å². The van der Waals surface area contributed by atoms with Gasteiger partial charge in [0.1, 0.15) is 79.4 Å². The van der Waals surface area contributed by atoms with Crippen molar-refractivity contribution >= 4 is 0 Å². The molecule has 39 heavy (non-hydrogen) atoms. The van der Waals surface area contributed by atoms with Crippen molar-refractivity contribution in [1.82, 2.24) is 0 Å². The van der Waals surface area contributed by atoms with E-state index in [9.17, 15) is 56.2 Å². The second kappa shape index (κ2) is 14.4. The first kappa shape index (κ1) is 32.8. The third kappa shape index (κ3) is 7.20. The van der Waals surface area contributed by atoms with Crippen LogP contribution >= 0.6 is 0 Å². The topological polar surface area (TPSA) is 298 Å². The molecule has 18 nitrogen and oxygen atoms in total. The molecular weight excluding hydrogens is 540 g/mol. The highest BCUT2D eigenvalue weighted by Gasteiger charge is 2.54. The number of rotatable bonds is 11. The maximum absolute atomic E-state index is 10.8. The van der Waals surface area contributed by atoms with E-state index in [1.165, 1.54) is 0 Å². The first-order valence-corrected chi connectivity index (χ1v) is 12.3. The van der Waals surface area contributed by atoms with Crippen LogP contribution in [0.25, 0.3) is 0 Å². The van der Waals surface area contributed by atoms with Crippen LogP contribution in [0, 0.1) is 0 Å². The highest BCUT2D eigenvalue weighted by atomic mass is 16.8. The zero-order valence-electron chi connectivity index (χ0n) is 20.6. The summed E-state index contributed by atoms with van der Waals surface area (Å²) in [6, 6.07) is 0. The van der Waals surface area contributed by atoms with Gasteiger partial charge in [-0.05, 0) is 0 Å². The van der Waals surface area contributed by atoms with Crippen molar-refractivity contribution in [3.8, 4) is 0 Å². The molecule has 3 aliphatic rings. The number of ether oxygens (including phenoxy) is 6. The van der Waals surface area contributed by atoms with Gasteiger partial charge in [-0.3, -0.25) is 0 Å². The molecule has 0 spiro atoms. The van der Waals surface area contributed by atoms with Gasteiger partial charge >= 0.3 is 0 Å².